The molecule has 1 aliphatic carbocycles. The fourth-order valence-corrected chi connectivity index (χ4v) is 3.78. The van der Waals surface area contributed by atoms with Crippen LogP contribution in [0.15, 0.2) is 47.3 Å². The van der Waals surface area contributed by atoms with Gasteiger partial charge in [-0.25, -0.2) is 4.98 Å². The Morgan fingerprint density at radius 2 is 1.82 bits per heavy atom. The van der Waals surface area contributed by atoms with Crippen LogP contribution in [0.3, 0.4) is 0 Å². The molecule has 1 aliphatic heterocycles. The normalized spacial score (nSPS) is 17.8. The van der Waals surface area contributed by atoms with Gasteiger partial charge in [0.25, 0.3) is 5.56 Å². The molecule has 7 nitrogen and oxygen atoms in total. The Balaban J connectivity index is 1.24. The number of piperazine rings is 1. The van der Waals surface area contributed by atoms with E-state index in [1.54, 1.807) is 6.07 Å². The molecule has 28 heavy (non-hydrogen) atoms. The number of nitrogens with one attached hydrogen (secondary N) is 2. The number of anilines is 1. The maximum absolute atomic E-state index is 12.1. The fourth-order valence-electron chi connectivity index (χ4n) is 3.78. The first-order valence-corrected chi connectivity index (χ1v) is 9.93. The van der Waals surface area contributed by atoms with E-state index >= 15 is 0 Å². The first-order chi connectivity index (χ1) is 13.7. The molecule has 3 heterocycles. The summed E-state index contributed by atoms with van der Waals surface area (Å²) >= 11 is 0. The van der Waals surface area contributed by atoms with Crippen molar-refractivity contribution in [2.75, 3.05) is 31.1 Å². The molecule has 1 aromatic carbocycles. The van der Waals surface area contributed by atoms with Gasteiger partial charge in [-0.05, 0) is 12.8 Å². The molecule has 1 saturated carbocycles. The minimum atomic E-state index is -0.105. The lowest BCUT2D eigenvalue weighted by Gasteiger charge is -2.34. The van der Waals surface area contributed by atoms with Crippen LogP contribution in [0.25, 0.3) is 11.4 Å². The highest BCUT2D eigenvalue weighted by Gasteiger charge is 2.27. The van der Waals surface area contributed by atoms with E-state index < -0.39 is 0 Å². The predicted molar refractivity (Wildman–Crippen MR) is 108 cm³/mol. The van der Waals surface area contributed by atoms with Gasteiger partial charge in [0.15, 0.2) is 5.82 Å². The Morgan fingerprint density at radius 3 is 2.57 bits per heavy atom. The summed E-state index contributed by atoms with van der Waals surface area (Å²) in [5.74, 6) is 2.39. The van der Waals surface area contributed by atoms with E-state index in [1.807, 2.05) is 30.3 Å². The second kappa shape index (κ2) is 7.24. The quantitative estimate of drug-likeness (QED) is 0.714. The first kappa shape index (κ1) is 17.2. The van der Waals surface area contributed by atoms with E-state index in [4.69, 9.17) is 0 Å². The molecule has 0 radical (unpaired) electrons. The van der Waals surface area contributed by atoms with Crippen molar-refractivity contribution in [2.24, 2.45) is 0 Å². The van der Waals surface area contributed by atoms with Gasteiger partial charge < -0.3 is 9.88 Å². The first-order valence-electron chi connectivity index (χ1n) is 9.93. The summed E-state index contributed by atoms with van der Waals surface area (Å²) in [6, 6.07) is 13.6. The van der Waals surface area contributed by atoms with Crippen LogP contribution in [0.2, 0.25) is 0 Å². The highest BCUT2D eigenvalue weighted by Crippen LogP contribution is 2.39. The van der Waals surface area contributed by atoms with Crippen molar-refractivity contribution in [1.29, 1.82) is 0 Å². The van der Waals surface area contributed by atoms with E-state index in [0.717, 1.165) is 43.3 Å². The van der Waals surface area contributed by atoms with Crippen LogP contribution in [0.5, 0.6) is 0 Å². The van der Waals surface area contributed by atoms with Crippen LogP contribution in [-0.4, -0.2) is 51.2 Å². The van der Waals surface area contributed by atoms with Gasteiger partial charge >= 0.3 is 0 Å². The molecular weight excluding hydrogens is 352 g/mol. The van der Waals surface area contributed by atoms with Crippen LogP contribution in [-0.2, 0) is 6.54 Å². The van der Waals surface area contributed by atoms with Gasteiger partial charge in [-0.2, -0.15) is 5.10 Å². The van der Waals surface area contributed by atoms with Crippen LogP contribution in [0, 0.1) is 0 Å². The van der Waals surface area contributed by atoms with Crippen molar-refractivity contribution in [2.45, 2.75) is 25.3 Å². The third-order valence-electron chi connectivity index (χ3n) is 5.53. The van der Waals surface area contributed by atoms with Gasteiger partial charge in [0.2, 0.25) is 0 Å². The number of benzene rings is 1. The van der Waals surface area contributed by atoms with Gasteiger partial charge in [0.05, 0.1) is 5.69 Å². The lowest BCUT2D eigenvalue weighted by atomic mass is 10.2. The largest absolute Gasteiger partial charge is 0.353 e. The molecule has 0 unspecified atom stereocenters. The van der Waals surface area contributed by atoms with Gasteiger partial charge in [0, 0.05) is 62.0 Å². The molecule has 144 valence electrons. The average molecular weight is 376 g/mol. The Bertz CT molecular complexity index is 999. The van der Waals surface area contributed by atoms with E-state index in [-0.39, 0.29) is 5.56 Å². The second-order valence-electron chi connectivity index (χ2n) is 7.67. The van der Waals surface area contributed by atoms with Crippen molar-refractivity contribution >= 4 is 5.82 Å². The van der Waals surface area contributed by atoms with Crippen molar-refractivity contribution in [3.8, 4) is 11.4 Å². The fraction of sp³-hybridized carbons (Fsp3) is 0.381. The molecular formula is C21H24N6O. The van der Waals surface area contributed by atoms with E-state index in [2.05, 4.69) is 36.0 Å². The Morgan fingerprint density at radius 1 is 1.04 bits per heavy atom. The molecule has 3 aromatic rings. The molecule has 0 bridgehead atoms. The smallest absolute Gasteiger partial charge is 0.251 e. The summed E-state index contributed by atoms with van der Waals surface area (Å²) in [5, 5.41) is 7.68. The summed E-state index contributed by atoms with van der Waals surface area (Å²) in [4.78, 5) is 24.3. The number of aromatic amines is 2. The summed E-state index contributed by atoms with van der Waals surface area (Å²) in [7, 11) is 0. The number of hydrogen-bond donors (Lipinski definition) is 2. The van der Waals surface area contributed by atoms with Crippen molar-refractivity contribution < 1.29 is 0 Å². The summed E-state index contributed by atoms with van der Waals surface area (Å²) in [6.45, 7) is 4.42. The molecule has 2 fully saturated rings. The molecule has 7 heteroatoms. The van der Waals surface area contributed by atoms with Crippen LogP contribution < -0.4 is 10.5 Å². The highest BCUT2D eigenvalue weighted by molar-refractivity contribution is 5.54. The Hall–Kier alpha value is -2.93. The molecule has 0 spiro atoms. The van der Waals surface area contributed by atoms with Crippen molar-refractivity contribution in [3.63, 3.8) is 0 Å². The number of H-pyrrole nitrogens is 2. The lowest BCUT2D eigenvalue weighted by molar-refractivity contribution is 0.246. The third-order valence-corrected chi connectivity index (χ3v) is 5.53. The molecule has 1 saturated heterocycles. The topological polar surface area (TPSA) is 80.9 Å². The lowest BCUT2D eigenvalue weighted by Crippen LogP contribution is -2.46. The monoisotopic (exact) mass is 376 g/mol. The third kappa shape index (κ3) is 3.71. The summed E-state index contributed by atoms with van der Waals surface area (Å²) in [5.41, 5.74) is 2.91. The zero-order valence-electron chi connectivity index (χ0n) is 15.8. The second-order valence-corrected chi connectivity index (χ2v) is 7.67. The van der Waals surface area contributed by atoms with Crippen LogP contribution >= 0.6 is 0 Å². The Kier molecular flexibility index (Phi) is 4.44. The van der Waals surface area contributed by atoms with Crippen molar-refractivity contribution in [3.05, 3.63) is 64.2 Å². The standard InChI is InChI=1S/C21H24N6O/c28-20-12-17(22-21(23-20)16-4-2-1-3-5-16)14-26-8-10-27(11-9-26)19-13-18(24-25-19)15-6-7-15/h1-5,12-13,15H,6-11,14H2,(H,24,25)(H,22,23,28). The van der Waals surface area contributed by atoms with Crippen LogP contribution in [0.1, 0.15) is 30.1 Å². The molecule has 5 rings (SSSR count). The van der Waals surface area contributed by atoms with Crippen molar-refractivity contribution in [1.82, 2.24) is 25.1 Å². The Labute approximate surface area is 163 Å². The molecule has 2 N–H and O–H groups in total. The minimum absolute atomic E-state index is 0.105. The predicted octanol–water partition coefficient (Wildman–Crippen LogP) is 2.36. The summed E-state index contributed by atoms with van der Waals surface area (Å²) in [6.07, 6.45) is 2.56. The highest BCUT2D eigenvalue weighted by atomic mass is 16.1. The zero-order chi connectivity index (χ0) is 18.9. The number of hydrogen-bond acceptors (Lipinski definition) is 5. The molecule has 0 amide bonds. The van der Waals surface area contributed by atoms with Gasteiger partial charge in [-0.3, -0.25) is 14.8 Å². The zero-order valence-corrected chi connectivity index (χ0v) is 15.8. The summed E-state index contributed by atoms with van der Waals surface area (Å²) < 4.78 is 0. The van der Waals surface area contributed by atoms with Gasteiger partial charge in [-0.15, -0.1) is 0 Å². The SMILES string of the molecule is O=c1cc(CN2CCN(c3cc(C4CC4)[nH]n3)CC2)nc(-c2ccccc2)[nH]1. The van der Waals surface area contributed by atoms with E-state index in [9.17, 15) is 4.79 Å². The van der Waals surface area contributed by atoms with E-state index in [1.165, 1.54) is 18.5 Å². The maximum atomic E-state index is 12.1. The van der Waals surface area contributed by atoms with Crippen LogP contribution in [0.4, 0.5) is 5.82 Å². The molecule has 2 aromatic heterocycles. The minimum Gasteiger partial charge on any atom is -0.353 e. The van der Waals surface area contributed by atoms with E-state index in [0.29, 0.717) is 18.3 Å². The maximum Gasteiger partial charge on any atom is 0.251 e. The number of rotatable bonds is 5. The number of nitrogens with zero attached hydrogens (tertiary/aromatic N) is 4. The van der Waals surface area contributed by atoms with Gasteiger partial charge in [0.1, 0.15) is 5.82 Å². The molecule has 2 aliphatic rings. The number of aromatic nitrogens is 4. The van der Waals surface area contributed by atoms with Gasteiger partial charge in [-0.1, -0.05) is 30.3 Å². The molecule has 0 atom stereocenters. The average Bonchev–Trinajstić information content (AvgIpc) is 3.46.